The number of amides is 2. The van der Waals surface area contributed by atoms with Crippen molar-refractivity contribution in [2.75, 3.05) is 4.90 Å². The van der Waals surface area contributed by atoms with E-state index in [-0.39, 0.29) is 23.6 Å². The summed E-state index contributed by atoms with van der Waals surface area (Å²) in [7, 11) is 0. The minimum atomic E-state index is -0.636. The van der Waals surface area contributed by atoms with Crippen molar-refractivity contribution in [1.82, 2.24) is 0 Å². The van der Waals surface area contributed by atoms with E-state index in [2.05, 4.69) is 0 Å². The Kier molecular flexibility index (Phi) is 3.37. The quantitative estimate of drug-likeness (QED) is 0.942. The lowest BCUT2D eigenvalue weighted by molar-refractivity contribution is -0.125. The van der Waals surface area contributed by atoms with Gasteiger partial charge in [0, 0.05) is 18.0 Å². The number of anilines is 1. The second-order valence-electron chi connectivity index (χ2n) is 6.46. The van der Waals surface area contributed by atoms with Crippen molar-refractivity contribution in [3.05, 3.63) is 65.5 Å². The Balaban J connectivity index is 1.61. The molecule has 1 saturated carbocycles. The highest BCUT2D eigenvalue weighted by molar-refractivity contribution is 6.05. The Morgan fingerprint density at radius 2 is 1.92 bits per heavy atom. The molecule has 1 heterocycles. The van der Waals surface area contributed by atoms with Gasteiger partial charge in [-0.05, 0) is 41.7 Å². The molecule has 1 aliphatic carbocycles. The molecule has 4 nitrogen and oxygen atoms in total. The number of nitrogens with two attached hydrogens (primary N) is 1. The largest absolute Gasteiger partial charge is 0.368 e. The maximum absolute atomic E-state index is 13.4. The monoisotopic (exact) mass is 324 g/mol. The molecule has 0 unspecified atom stereocenters. The van der Waals surface area contributed by atoms with E-state index in [4.69, 9.17) is 5.73 Å². The molecule has 2 aromatic carbocycles. The number of primary amides is 1. The second kappa shape index (κ2) is 5.44. The van der Waals surface area contributed by atoms with Gasteiger partial charge < -0.3 is 5.73 Å². The Hall–Kier alpha value is -2.69. The number of hydrogen-bond donors (Lipinski definition) is 1. The van der Waals surface area contributed by atoms with Gasteiger partial charge in [-0.15, -0.1) is 0 Å². The molecule has 4 rings (SSSR count). The van der Waals surface area contributed by atoms with Gasteiger partial charge in [0.15, 0.2) is 0 Å². The average Bonchev–Trinajstić information content (AvgIpc) is 3.27. The van der Waals surface area contributed by atoms with Crippen LogP contribution in [0.2, 0.25) is 0 Å². The van der Waals surface area contributed by atoms with Gasteiger partial charge in [-0.2, -0.15) is 0 Å². The zero-order valence-electron chi connectivity index (χ0n) is 13.0. The van der Waals surface area contributed by atoms with Crippen LogP contribution in [0.4, 0.5) is 10.1 Å². The fourth-order valence-electron chi connectivity index (χ4n) is 3.64. The van der Waals surface area contributed by atoms with Crippen LogP contribution in [-0.2, 0) is 16.0 Å². The number of hydrogen-bond acceptors (Lipinski definition) is 2. The minimum absolute atomic E-state index is 0.00879. The summed E-state index contributed by atoms with van der Waals surface area (Å²) < 4.78 is 13.4. The molecule has 0 saturated heterocycles. The number of nitrogens with zero attached hydrogens (tertiary/aromatic N) is 1. The van der Waals surface area contributed by atoms with Crippen LogP contribution >= 0.6 is 0 Å². The summed E-state index contributed by atoms with van der Waals surface area (Å²) in [6.45, 7) is 0. The summed E-state index contributed by atoms with van der Waals surface area (Å²) in [5, 5.41) is 0. The molecule has 1 fully saturated rings. The Bertz CT molecular complexity index is 836. The van der Waals surface area contributed by atoms with E-state index < -0.39 is 11.9 Å². The highest BCUT2D eigenvalue weighted by Gasteiger charge is 2.49. The number of rotatable bonds is 3. The first kappa shape index (κ1) is 14.9. The van der Waals surface area contributed by atoms with Crippen LogP contribution in [-0.4, -0.2) is 17.9 Å². The predicted octanol–water partition coefficient (Wildman–Crippen LogP) is 2.37. The third-order valence-corrected chi connectivity index (χ3v) is 4.93. The zero-order chi connectivity index (χ0) is 16.8. The molecule has 2 aromatic rings. The molecule has 3 atom stereocenters. The maximum atomic E-state index is 13.4. The SMILES string of the molecule is NC(=O)[C@@H]1Cc2ccccc2N1C(=O)[C@H]1C[C@H]1c1cccc(F)c1. The van der Waals surface area contributed by atoms with Crippen molar-refractivity contribution in [3.8, 4) is 0 Å². The van der Waals surface area contributed by atoms with E-state index in [0.717, 1.165) is 16.8 Å². The third kappa shape index (κ3) is 2.37. The normalized spacial score (nSPS) is 24.5. The van der Waals surface area contributed by atoms with E-state index >= 15 is 0 Å². The topological polar surface area (TPSA) is 63.4 Å². The first-order valence-corrected chi connectivity index (χ1v) is 8.02. The summed E-state index contributed by atoms with van der Waals surface area (Å²) in [5.41, 5.74) is 8.06. The molecule has 0 spiro atoms. The molecule has 2 aliphatic rings. The van der Waals surface area contributed by atoms with Crippen molar-refractivity contribution in [1.29, 1.82) is 0 Å². The fraction of sp³-hybridized carbons (Fsp3) is 0.263. The van der Waals surface area contributed by atoms with Crippen molar-refractivity contribution in [2.24, 2.45) is 11.7 Å². The maximum Gasteiger partial charge on any atom is 0.240 e. The summed E-state index contributed by atoms with van der Waals surface area (Å²) >= 11 is 0. The van der Waals surface area contributed by atoms with Crippen LogP contribution in [0.25, 0.3) is 0 Å². The molecule has 1 aliphatic heterocycles. The van der Waals surface area contributed by atoms with Crippen LogP contribution in [0.3, 0.4) is 0 Å². The molecule has 122 valence electrons. The van der Waals surface area contributed by atoms with Crippen molar-refractivity contribution < 1.29 is 14.0 Å². The van der Waals surface area contributed by atoms with E-state index in [9.17, 15) is 14.0 Å². The van der Waals surface area contributed by atoms with Gasteiger partial charge in [-0.1, -0.05) is 30.3 Å². The molecule has 0 aromatic heterocycles. The van der Waals surface area contributed by atoms with Crippen LogP contribution in [0.1, 0.15) is 23.5 Å². The molecule has 0 bridgehead atoms. The second-order valence-corrected chi connectivity index (χ2v) is 6.46. The Morgan fingerprint density at radius 1 is 1.12 bits per heavy atom. The van der Waals surface area contributed by atoms with Gasteiger partial charge >= 0.3 is 0 Å². The zero-order valence-corrected chi connectivity index (χ0v) is 13.0. The predicted molar refractivity (Wildman–Crippen MR) is 87.9 cm³/mol. The minimum Gasteiger partial charge on any atom is -0.368 e. The number of benzene rings is 2. The van der Waals surface area contributed by atoms with Crippen LogP contribution < -0.4 is 10.6 Å². The van der Waals surface area contributed by atoms with Crippen molar-refractivity contribution >= 4 is 17.5 Å². The third-order valence-electron chi connectivity index (χ3n) is 4.93. The summed E-state index contributed by atoms with van der Waals surface area (Å²) in [4.78, 5) is 26.3. The Morgan fingerprint density at radius 3 is 2.67 bits per heavy atom. The van der Waals surface area contributed by atoms with Crippen LogP contribution in [0.5, 0.6) is 0 Å². The molecule has 0 radical (unpaired) electrons. The van der Waals surface area contributed by atoms with Gasteiger partial charge in [0.25, 0.3) is 0 Å². The number of carbonyl (C=O) groups excluding carboxylic acids is 2. The lowest BCUT2D eigenvalue weighted by Crippen LogP contribution is -2.46. The van der Waals surface area contributed by atoms with Crippen molar-refractivity contribution in [2.45, 2.75) is 24.8 Å². The molecule has 5 heteroatoms. The number of fused-ring (bicyclic) bond motifs is 1. The molecule has 24 heavy (non-hydrogen) atoms. The van der Waals surface area contributed by atoms with Gasteiger partial charge in [0.05, 0.1) is 0 Å². The van der Waals surface area contributed by atoms with E-state index in [0.29, 0.717) is 12.8 Å². The van der Waals surface area contributed by atoms with Crippen LogP contribution in [0.15, 0.2) is 48.5 Å². The smallest absolute Gasteiger partial charge is 0.240 e. The average molecular weight is 324 g/mol. The van der Waals surface area contributed by atoms with Gasteiger partial charge in [-0.25, -0.2) is 4.39 Å². The number of para-hydroxylation sites is 1. The highest BCUT2D eigenvalue weighted by atomic mass is 19.1. The molecular weight excluding hydrogens is 307 g/mol. The summed E-state index contributed by atoms with van der Waals surface area (Å²) in [6.07, 6.45) is 1.13. The fourth-order valence-corrected chi connectivity index (χ4v) is 3.64. The van der Waals surface area contributed by atoms with E-state index in [1.165, 1.54) is 12.1 Å². The number of halogens is 1. The molecule has 2 amide bonds. The lowest BCUT2D eigenvalue weighted by atomic mass is 10.1. The van der Waals surface area contributed by atoms with Crippen molar-refractivity contribution in [3.63, 3.8) is 0 Å². The standard InChI is InChI=1S/C19H17FN2O2/c20-13-6-3-5-11(8-13)14-10-15(14)19(24)22-16-7-2-1-4-12(16)9-17(22)18(21)23/h1-8,14-15,17H,9-10H2,(H2,21,23)/t14-,15-,17-/m0/s1. The number of carbonyl (C=O) groups is 2. The van der Waals surface area contributed by atoms with E-state index in [1.807, 2.05) is 30.3 Å². The summed E-state index contributed by atoms with van der Waals surface area (Å²) in [5.74, 6) is -1.11. The Labute approximate surface area is 139 Å². The van der Waals surface area contributed by atoms with Crippen LogP contribution in [0, 0.1) is 11.7 Å². The summed E-state index contributed by atoms with van der Waals surface area (Å²) in [6, 6.07) is 13.2. The first-order chi connectivity index (χ1) is 11.6. The first-order valence-electron chi connectivity index (χ1n) is 8.02. The highest BCUT2D eigenvalue weighted by Crippen LogP contribution is 2.50. The molecule has 2 N–H and O–H groups in total. The molecular formula is C19H17FN2O2. The lowest BCUT2D eigenvalue weighted by Gasteiger charge is -2.23. The van der Waals surface area contributed by atoms with E-state index in [1.54, 1.807) is 11.0 Å². The van der Waals surface area contributed by atoms with Gasteiger partial charge in [-0.3, -0.25) is 14.5 Å². The van der Waals surface area contributed by atoms with Gasteiger partial charge in [0.1, 0.15) is 11.9 Å². The van der Waals surface area contributed by atoms with Gasteiger partial charge in [0.2, 0.25) is 11.8 Å².